The molecule has 0 saturated heterocycles. The summed E-state index contributed by atoms with van der Waals surface area (Å²) in [6.07, 6.45) is -13.8. The van der Waals surface area contributed by atoms with Crippen molar-refractivity contribution in [2.24, 2.45) is 22.9 Å². The Bertz CT molecular complexity index is 435. The van der Waals surface area contributed by atoms with Crippen LogP contribution in [0.25, 0.3) is 0 Å². The normalized spacial score (nSPS) is 18.5. The van der Waals surface area contributed by atoms with E-state index in [0.29, 0.717) is 0 Å². The van der Waals surface area contributed by atoms with Gasteiger partial charge in [-0.15, -0.1) is 0 Å². The highest BCUT2D eigenvalue weighted by Crippen LogP contribution is 2.05. The minimum absolute atomic E-state index is 0.719. The van der Waals surface area contributed by atoms with Crippen molar-refractivity contribution in [1.82, 2.24) is 0 Å². The van der Waals surface area contributed by atoms with Gasteiger partial charge in [0.2, 0.25) is 11.8 Å². The Labute approximate surface area is 177 Å². The van der Waals surface area contributed by atoms with Crippen molar-refractivity contribution in [3.8, 4) is 0 Å². The second kappa shape index (κ2) is 19.2. The molecule has 31 heavy (non-hydrogen) atoms. The van der Waals surface area contributed by atoms with Gasteiger partial charge in [-0.05, 0) is 19.5 Å². The van der Waals surface area contributed by atoms with E-state index >= 15 is 0 Å². The third-order valence-corrected chi connectivity index (χ3v) is 3.50. The van der Waals surface area contributed by atoms with Crippen molar-refractivity contribution in [1.29, 1.82) is 0 Å². The van der Waals surface area contributed by atoms with Gasteiger partial charge < -0.3 is 74.0 Å². The lowest BCUT2D eigenvalue weighted by Gasteiger charge is -2.23. The lowest BCUT2D eigenvalue weighted by molar-refractivity contribution is -0.146. The highest BCUT2D eigenvalue weighted by Gasteiger charge is 2.33. The first-order chi connectivity index (χ1) is 14.2. The van der Waals surface area contributed by atoms with Crippen LogP contribution < -0.4 is 22.9 Å². The molecule has 0 radical (unpaired) electrons. The van der Waals surface area contributed by atoms with Crippen LogP contribution in [0, 0.1) is 0 Å². The molecule has 2 amide bonds. The summed E-state index contributed by atoms with van der Waals surface area (Å²) in [5.74, 6) is -2.45. The van der Waals surface area contributed by atoms with E-state index in [0.717, 1.165) is 19.5 Å². The predicted octanol–water partition coefficient (Wildman–Crippen LogP) is -8.89. The molecule has 16 nitrogen and oxygen atoms in total. The number of rotatable bonds is 12. The molecule has 0 saturated carbocycles. The van der Waals surface area contributed by atoms with Crippen molar-refractivity contribution in [2.75, 3.05) is 26.3 Å². The van der Waals surface area contributed by atoms with E-state index in [4.69, 9.17) is 62.5 Å². The fourth-order valence-electron chi connectivity index (χ4n) is 1.50. The van der Waals surface area contributed by atoms with E-state index in [2.05, 4.69) is 11.5 Å². The third-order valence-electron chi connectivity index (χ3n) is 3.50. The molecular weight excluding hydrogens is 428 g/mol. The average Bonchev–Trinajstić information content (AvgIpc) is 2.75. The van der Waals surface area contributed by atoms with Crippen molar-refractivity contribution in [3.63, 3.8) is 0 Å². The number of amides is 2. The Morgan fingerprint density at radius 2 is 0.839 bits per heavy atom. The monoisotopic (exact) mass is 464 g/mol. The molecule has 0 heterocycles. The number of nitrogens with two attached hydrogens (primary N) is 4. The van der Waals surface area contributed by atoms with Crippen LogP contribution in [0.15, 0.2) is 0 Å². The summed E-state index contributed by atoms with van der Waals surface area (Å²) >= 11 is 0. The second-order valence-electron chi connectivity index (χ2n) is 6.09. The summed E-state index contributed by atoms with van der Waals surface area (Å²) in [5.41, 5.74) is 19.3. The summed E-state index contributed by atoms with van der Waals surface area (Å²) in [6, 6.07) is 0. The minimum atomic E-state index is -1.98. The van der Waals surface area contributed by atoms with Gasteiger partial charge in [0.05, 0.1) is 13.2 Å². The highest BCUT2D eigenvalue weighted by atomic mass is 16.4. The van der Waals surface area contributed by atoms with Gasteiger partial charge in [0.25, 0.3) is 0 Å². The fourth-order valence-corrected chi connectivity index (χ4v) is 1.50. The van der Waals surface area contributed by atoms with Gasteiger partial charge in [0.1, 0.15) is 36.6 Å². The summed E-state index contributed by atoms with van der Waals surface area (Å²) in [6.45, 7) is -0.166. The maximum atomic E-state index is 10.3. The van der Waals surface area contributed by atoms with Crippen LogP contribution in [0.2, 0.25) is 0 Å². The molecule has 16 heteroatoms. The van der Waals surface area contributed by atoms with Gasteiger partial charge in [-0.1, -0.05) is 0 Å². The van der Waals surface area contributed by atoms with Crippen LogP contribution in [-0.4, -0.2) is 138 Å². The smallest absolute Gasteiger partial charge is 0.249 e. The minimum Gasteiger partial charge on any atom is -0.394 e. The zero-order chi connectivity index (χ0) is 25.3. The SMILES string of the molecule is NC(=O)[C@H](O)[C@@H](O)[C@H](O)[C@H](O)CO.NC(=O)[C@H](O)[C@@H](O)[C@H](O)[C@H](O)CO.NCCCN. The molecule has 0 aromatic carbocycles. The number of carbonyl (C=O) groups is 2. The first-order valence-corrected chi connectivity index (χ1v) is 8.89. The molecule has 18 N–H and O–H groups in total. The average molecular weight is 464 g/mol. The molecule has 0 aromatic heterocycles. The van der Waals surface area contributed by atoms with Crippen molar-refractivity contribution in [2.45, 2.75) is 55.3 Å². The Morgan fingerprint density at radius 1 is 0.581 bits per heavy atom. The summed E-state index contributed by atoms with van der Waals surface area (Å²) in [4.78, 5) is 20.6. The Balaban J connectivity index is -0.000000416. The van der Waals surface area contributed by atoms with E-state index in [1.807, 2.05) is 0 Å². The van der Waals surface area contributed by atoms with E-state index in [9.17, 15) is 9.59 Å². The molecule has 0 rings (SSSR count). The van der Waals surface area contributed by atoms with Gasteiger partial charge in [-0.2, -0.15) is 0 Å². The first-order valence-electron chi connectivity index (χ1n) is 8.89. The van der Waals surface area contributed by atoms with Gasteiger partial charge in [-0.3, -0.25) is 9.59 Å². The molecule has 0 bridgehead atoms. The molecule has 8 atom stereocenters. The molecule has 188 valence electrons. The zero-order valence-electron chi connectivity index (χ0n) is 16.8. The number of hydrogen-bond donors (Lipinski definition) is 14. The fraction of sp³-hybridized carbons (Fsp3) is 0.867. The summed E-state index contributed by atoms with van der Waals surface area (Å²) in [5, 5.41) is 87.9. The number of primary amides is 2. The lowest BCUT2D eigenvalue weighted by atomic mass is 10.0. The quantitative estimate of drug-likeness (QED) is 0.127. The van der Waals surface area contributed by atoms with Gasteiger partial charge in [-0.25, -0.2) is 0 Å². The Hall–Kier alpha value is -1.54. The van der Waals surface area contributed by atoms with Crippen LogP contribution >= 0.6 is 0 Å². The molecule has 0 aliphatic rings. The molecule has 0 aliphatic carbocycles. The number of hydrogen-bond acceptors (Lipinski definition) is 14. The Morgan fingerprint density at radius 3 is 0.968 bits per heavy atom. The van der Waals surface area contributed by atoms with Crippen molar-refractivity contribution < 1.29 is 60.7 Å². The number of carbonyl (C=O) groups excluding carboxylic acids is 2. The topological polar surface area (TPSA) is 341 Å². The first kappa shape index (κ1) is 34.1. The number of aliphatic hydroxyl groups is 10. The third kappa shape index (κ3) is 15.0. The van der Waals surface area contributed by atoms with E-state index < -0.39 is 73.9 Å². The van der Waals surface area contributed by atoms with Gasteiger partial charge in [0, 0.05) is 0 Å². The number of aliphatic hydroxyl groups excluding tert-OH is 10. The zero-order valence-corrected chi connectivity index (χ0v) is 16.8. The van der Waals surface area contributed by atoms with E-state index in [1.54, 1.807) is 0 Å². The van der Waals surface area contributed by atoms with Crippen LogP contribution in [0.4, 0.5) is 0 Å². The van der Waals surface area contributed by atoms with Crippen LogP contribution in [-0.2, 0) is 9.59 Å². The summed E-state index contributed by atoms with van der Waals surface area (Å²) in [7, 11) is 0. The second-order valence-corrected chi connectivity index (χ2v) is 6.09. The molecule has 0 unspecified atom stereocenters. The molecule has 0 fully saturated rings. The van der Waals surface area contributed by atoms with Gasteiger partial charge >= 0.3 is 0 Å². The van der Waals surface area contributed by atoms with Crippen molar-refractivity contribution in [3.05, 3.63) is 0 Å². The predicted molar refractivity (Wildman–Crippen MR) is 103 cm³/mol. The standard InChI is InChI=1S/2C6H13NO6.C3H10N2/c2*7-6(13)5(12)4(11)3(10)2(9)1-8;4-2-1-3-5/h2*2-5,8-12H,1H2,(H2,7,13);1-5H2/t2*2-,3-,4+,5-;/m11./s1. The molecule has 0 spiro atoms. The molecule has 0 aromatic rings. The molecule has 0 aliphatic heterocycles. The van der Waals surface area contributed by atoms with E-state index in [-0.39, 0.29) is 0 Å². The van der Waals surface area contributed by atoms with Crippen LogP contribution in [0.3, 0.4) is 0 Å². The Kier molecular flexibility index (Phi) is 21.1. The molecular formula is C15H36N4O12. The highest BCUT2D eigenvalue weighted by molar-refractivity contribution is 5.79. The van der Waals surface area contributed by atoms with Crippen LogP contribution in [0.5, 0.6) is 0 Å². The lowest BCUT2D eigenvalue weighted by Crippen LogP contribution is -2.50. The largest absolute Gasteiger partial charge is 0.394 e. The van der Waals surface area contributed by atoms with Crippen molar-refractivity contribution >= 4 is 11.8 Å². The van der Waals surface area contributed by atoms with Crippen LogP contribution in [0.1, 0.15) is 6.42 Å². The summed E-state index contributed by atoms with van der Waals surface area (Å²) < 4.78 is 0. The van der Waals surface area contributed by atoms with E-state index in [1.165, 1.54) is 0 Å². The maximum Gasteiger partial charge on any atom is 0.249 e. The maximum absolute atomic E-state index is 10.3. The van der Waals surface area contributed by atoms with Gasteiger partial charge in [0.15, 0.2) is 12.2 Å².